The maximum Gasteiger partial charge on any atom is 0.265 e. The van der Waals surface area contributed by atoms with Crippen molar-refractivity contribution in [3.05, 3.63) is 36.2 Å². The van der Waals surface area contributed by atoms with Gasteiger partial charge < -0.3 is 0 Å². The molecule has 5 heteroatoms. The van der Waals surface area contributed by atoms with E-state index < -0.39 is 0 Å². The third-order valence-electron chi connectivity index (χ3n) is 1.94. The molecule has 0 bridgehead atoms. The van der Waals surface area contributed by atoms with Crippen LogP contribution in [0.3, 0.4) is 0 Å². The van der Waals surface area contributed by atoms with Gasteiger partial charge in [-0.3, -0.25) is 10.2 Å². The molecule has 0 atom stereocenters. The van der Waals surface area contributed by atoms with Gasteiger partial charge in [0.2, 0.25) is 0 Å². The lowest BCUT2D eigenvalue weighted by molar-refractivity contribution is 0.0954. The van der Waals surface area contributed by atoms with Crippen molar-refractivity contribution in [1.29, 1.82) is 0 Å². The van der Waals surface area contributed by atoms with E-state index >= 15 is 0 Å². The van der Waals surface area contributed by atoms with Crippen molar-refractivity contribution in [2.75, 3.05) is 0 Å². The Morgan fingerprint density at radius 1 is 1.21 bits per heavy atom. The number of hydrazine groups is 1. The number of rotatable bonds is 1. The highest BCUT2D eigenvalue weighted by atomic mass is 16.2. The molecule has 1 aromatic heterocycles. The van der Waals surface area contributed by atoms with E-state index in [4.69, 9.17) is 5.84 Å². The van der Waals surface area contributed by atoms with Crippen molar-refractivity contribution in [3.8, 4) is 0 Å². The number of hydrogen-bond acceptors (Lipinski definition) is 4. The van der Waals surface area contributed by atoms with Gasteiger partial charge in [0, 0.05) is 16.3 Å². The number of nitrogen functional groups attached to an aromatic ring is 1. The Kier molecular flexibility index (Phi) is 2.08. The van der Waals surface area contributed by atoms with E-state index in [1.807, 2.05) is 0 Å². The average molecular weight is 188 g/mol. The summed E-state index contributed by atoms with van der Waals surface area (Å²) < 4.78 is 0. The first-order valence-corrected chi connectivity index (χ1v) is 4.02. The quantitative estimate of drug-likeness (QED) is 0.381. The normalized spacial score (nSPS) is 10.1. The number of carbonyl (C=O) groups is 1. The minimum atomic E-state index is -0.316. The number of fused-ring (bicyclic) bond motifs is 1. The zero-order valence-electron chi connectivity index (χ0n) is 7.27. The Hall–Kier alpha value is -2.01. The predicted molar refractivity (Wildman–Crippen MR) is 51.2 cm³/mol. The molecular formula is C9H8N4O. The molecule has 5 nitrogen and oxygen atoms in total. The van der Waals surface area contributed by atoms with Gasteiger partial charge in [-0.15, -0.1) is 0 Å². The summed E-state index contributed by atoms with van der Waals surface area (Å²) in [7, 11) is 0. The molecule has 1 heterocycles. The van der Waals surface area contributed by atoms with Crippen molar-refractivity contribution in [3.63, 3.8) is 0 Å². The Morgan fingerprint density at radius 2 is 1.93 bits per heavy atom. The Bertz CT molecular complexity index is 483. The van der Waals surface area contributed by atoms with Gasteiger partial charge in [0.05, 0.1) is 12.4 Å². The van der Waals surface area contributed by atoms with Crippen molar-refractivity contribution >= 4 is 16.7 Å². The first-order valence-electron chi connectivity index (χ1n) is 4.02. The van der Waals surface area contributed by atoms with E-state index in [2.05, 4.69) is 15.6 Å². The largest absolute Gasteiger partial charge is 0.290 e. The third kappa shape index (κ3) is 1.40. The van der Waals surface area contributed by atoms with Gasteiger partial charge in [0.25, 0.3) is 5.91 Å². The summed E-state index contributed by atoms with van der Waals surface area (Å²) >= 11 is 0. The maximum atomic E-state index is 11.2. The Balaban J connectivity index is 2.56. The van der Waals surface area contributed by atoms with Gasteiger partial charge in [0.15, 0.2) is 0 Å². The highest BCUT2D eigenvalue weighted by Gasteiger charge is 2.03. The van der Waals surface area contributed by atoms with E-state index in [-0.39, 0.29) is 5.91 Å². The van der Waals surface area contributed by atoms with Crippen LogP contribution < -0.4 is 11.3 Å². The number of nitrogens with one attached hydrogen (secondary N) is 1. The molecule has 0 aliphatic rings. The van der Waals surface area contributed by atoms with Crippen LogP contribution in [0.15, 0.2) is 30.6 Å². The molecule has 0 radical (unpaired) electrons. The van der Waals surface area contributed by atoms with Crippen LogP contribution in [0, 0.1) is 0 Å². The molecule has 0 unspecified atom stereocenters. The minimum absolute atomic E-state index is 0.316. The SMILES string of the molecule is NNC(=O)c1ccc2cnncc2c1. The molecule has 0 saturated heterocycles. The van der Waals surface area contributed by atoms with Crippen LogP contribution in [0.25, 0.3) is 10.8 Å². The van der Waals surface area contributed by atoms with Gasteiger partial charge >= 0.3 is 0 Å². The molecule has 70 valence electrons. The molecule has 0 aliphatic heterocycles. The zero-order valence-corrected chi connectivity index (χ0v) is 7.27. The van der Waals surface area contributed by atoms with E-state index in [0.717, 1.165) is 10.8 Å². The lowest BCUT2D eigenvalue weighted by Crippen LogP contribution is -2.29. The summed E-state index contributed by atoms with van der Waals surface area (Å²) in [5.41, 5.74) is 2.58. The Labute approximate surface area is 79.9 Å². The topological polar surface area (TPSA) is 80.9 Å². The summed E-state index contributed by atoms with van der Waals surface area (Å²) in [6, 6.07) is 5.20. The molecular weight excluding hydrogens is 180 g/mol. The fourth-order valence-corrected chi connectivity index (χ4v) is 1.22. The number of nitrogens with two attached hydrogens (primary N) is 1. The smallest absolute Gasteiger partial charge is 0.265 e. The second-order valence-electron chi connectivity index (χ2n) is 2.81. The van der Waals surface area contributed by atoms with Gasteiger partial charge in [-0.1, -0.05) is 6.07 Å². The maximum absolute atomic E-state index is 11.2. The summed E-state index contributed by atoms with van der Waals surface area (Å²) in [5.74, 6) is 4.70. The van der Waals surface area contributed by atoms with Gasteiger partial charge in [-0.05, 0) is 12.1 Å². The second kappa shape index (κ2) is 3.39. The lowest BCUT2D eigenvalue weighted by atomic mass is 10.1. The first kappa shape index (κ1) is 8.58. The number of hydrogen-bond donors (Lipinski definition) is 2. The van der Waals surface area contributed by atoms with E-state index in [1.54, 1.807) is 30.6 Å². The van der Waals surface area contributed by atoms with E-state index in [1.165, 1.54) is 0 Å². The number of carbonyl (C=O) groups excluding carboxylic acids is 1. The average Bonchev–Trinajstić information content (AvgIpc) is 2.27. The number of benzene rings is 1. The van der Waals surface area contributed by atoms with Crippen LogP contribution in [0.2, 0.25) is 0 Å². The first-order chi connectivity index (χ1) is 6.81. The van der Waals surface area contributed by atoms with Crippen LogP contribution in [-0.2, 0) is 0 Å². The summed E-state index contributed by atoms with van der Waals surface area (Å²) in [6.07, 6.45) is 3.24. The highest BCUT2D eigenvalue weighted by Crippen LogP contribution is 2.12. The highest BCUT2D eigenvalue weighted by molar-refractivity contribution is 5.97. The molecule has 3 N–H and O–H groups in total. The predicted octanol–water partition coefficient (Wildman–Crippen LogP) is 0.233. The fourth-order valence-electron chi connectivity index (χ4n) is 1.22. The van der Waals surface area contributed by atoms with Crippen LogP contribution >= 0.6 is 0 Å². The molecule has 0 fully saturated rings. The molecule has 1 aromatic carbocycles. The minimum Gasteiger partial charge on any atom is -0.290 e. The van der Waals surface area contributed by atoms with Crippen LogP contribution in [0.1, 0.15) is 10.4 Å². The van der Waals surface area contributed by atoms with Crippen molar-refractivity contribution < 1.29 is 4.79 Å². The van der Waals surface area contributed by atoms with Gasteiger partial charge in [0.1, 0.15) is 0 Å². The van der Waals surface area contributed by atoms with Crippen LogP contribution in [0.5, 0.6) is 0 Å². The Morgan fingerprint density at radius 3 is 2.64 bits per heavy atom. The molecule has 1 amide bonds. The monoisotopic (exact) mass is 188 g/mol. The molecule has 0 spiro atoms. The number of aromatic nitrogens is 2. The molecule has 14 heavy (non-hydrogen) atoms. The number of nitrogens with zero attached hydrogens (tertiary/aromatic N) is 2. The molecule has 0 saturated carbocycles. The zero-order chi connectivity index (χ0) is 9.97. The van der Waals surface area contributed by atoms with Crippen molar-refractivity contribution in [1.82, 2.24) is 15.6 Å². The van der Waals surface area contributed by atoms with Crippen LogP contribution in [0.4, 0.5) is 0 Å². The second-order valence-corrected chi connectivity index (χ2v) is 2.81. The van der Waals surface area contributed by atoms with Crippen molar-refractivity contribution in [2.24, 2.45) is 5.84 Å². The molecule has 0 aliphatic carbocycles. The van der Waals surface area contributed by atoms with Gasteiger partial charge in [-0.25, -0.2) is 5.84 Å². The lowest BCUT2D eigenvalue weighted by Gasteiger charge is -2.00. The fraction of sp³-hybridized carbons (Fsp3) is 0. The van der Waals surface area contributed by atoms with Gasteiger partial charge in [-0.2, -0.15) is 10.2 Å². The molecule has 2 rings (SSSR count). The summed E-state index contributed by atoms with van der Waals surface area (Å²) in [5, 5.41) is 9.26. The number of amides is 1. The summed E-state index contributed by atoms with van der Waals surface area (Å²) in [6.45, 7) is 0. The third-order valence-corrected chi connectivity index (χ3v) is 1.94. The standard InChI is InChI=1S/C9H8N4O/c10-13-9(14)6-1-2-7-4-11-12-5-8(7)3-6/h1-5H,10H2,(H,13,14). The van der Waals surface area contributed by atoms with Crippen molar-refractivity contribution in [2.45, 2.75) is 0 Å². The van der Waals surface area contributed by atoms with Crippen LogP contribution in [-0.4, -0.2) is 16.1 Å². The van der Waals surface area contributed by atoms with E-state index in [0.29, 0.717) is 5.56 Å². The molecule has 2 aromatic rings. The van der Waals surface area contributed by atoms with E-state index in [9.17, 15) is 4.79 Å². The summed E-state index contributed by atoms with van der Waals surface area (Å²) in [4.78, 5) is 11.2.